The Hall–Kier alpha value is -2.54. The second-order valence-corrected chi connectivity index (χ2v) is 8.57. The van der Waals surface area contributed by atoms with Gasteiger partial charge in [-0.3, -0.25) is 4.79 Å². The van der Waals surface area contributed by atoms with Gasteiger partial charge in [0.15, 0.2) is 5.82 Å². The molecule has 0 spiro atoms. The number of hydrogen-bond acceptors (Lipinski definition) is 5. The number of amides is 1. The van der Waals surface area contributed by atoms with Crippen LogP contribution in [-0.2, 0) is 13.0 Å². The zero-order valence-electron chi connectivity index (χ0n) is 15.4. The minimum absolute atomic E-state index is 0.130. The molecule has 1 amide bonds. The zero-order chi connectivity index (χ0) is 18.5. The average molecular weight is 379 g/mol. The fraction of sp³-hybridized carbons (Fsp3) is 0.400. The predicted molar refractivity (Wildman–Crippen MR) is 104 cm³/mol. The predicted octanol–water partition coefficient (Wildman–Crippen LogP) is 3.25. The van der Waals surface area contributed by atoms with Crippen molar-refractivity contribution in [2.75, 3.05) is 0 Å². The van der Waals surface area contributed by atoms with Gasteiger partial charge in [-0.15, -0.1) is 21.5 Å². The topological polar surface area (TPSA) is 63.9 Å². The van der Waals surface area contributed by atoms with Crippen LogP contribution < -0.4 is 0 Å². The lowest BCUT2D eigenvalue weighted by Gasteiger charge is -2.27. The van der Waals surface area contributed by atoms with Crippen LogP contribution in [0.15, 0.2) is 30.3 Å². The highest BCUT2D eigenvalue weighted by atomic mass is 32.1. The van der Waals surface area contributed by atoms with Crippen LogP contribution >= 0.6 is 11.3 Å². The molecule has 1 fully saturated rings. The smallest absolute Gasteiger partial charge is 0.266 e. The quantitative estimate of drug-likeness (QED) is 0.686. The first-order valence-electron chi connectivity index (χ1n) is 9.36. The van der Waals surface area contributed by atoms with Crippen molar-refractivity contribution < 1.29 is 4.79 Å². The third-order valence-electron chi connectivity index (χ3n) is 5.62. The van der Waals surface area contributed by atoms with Crippen LogP contribution in [0.5, 0.6) is 0 Å². The van der Waals surface area contributed by atoms with Crippen LogP contribution in [-0.4, -0.2) is 42.6 Å². The molecule has 2 aliphatic rings. The maximum atomic E-state index is 13.3. The molecular formula is C20H21N5OS. The van der Waals surface area contributed by atoms with E-state index in [4.69, 9.17) is 0 Å². The summed E-state index contributed by atoms with van der Waals surface area (Å²) in [5.74, 6) is 2.01. The molecule has 0 aliphatic carbocycles. The monoisotopic (exact) mass is 379 g/mol. The van der Waals surface area contributed by atoms with Crippen molar-refractivity contribution in [3.8, 4) is 11.4 Å². The summed E-state index contributed by atoms with van der Waals surface area (Å²) in [4.78, 5) is 20.7. The molecule has 27 heavy (non-hydrogen) atoms. The minimum Gasteiger partial charge on any atom is -0.330 e. The molecule has 7 heteroatoms. The van der Waals surface area contributed by atoms with E-state index in [1.54, 1.807) is 0 Å². The Morgan fingerprint density at radius 2 is 1.89 bits per heavy atom. The van der Waals surface area contributed by atoms with Crippen molar-refractivity contribution in [2.45, 2.75) is 51.7 Å². The molecule has 0 radical (unpaired) electrons. The molecule has 0 saturated carbocycles. The maximum absolute atomic E-state index is 13.3. The number of aryl methyl sites for hydroxylation is 2. The number of benzene rings is 1. The normalized spacial score (nSPS) is 21.2. The lowest BCUT2D eigenvalue weighted by atomic mass is 10.1. The standard InChI is InChI=1S/C20H21N5OS/c1-12-18(27-13(2)21-12)20(26)25-15-8-9-16(25)11-24-17(10-15)22-23-19(24)14-6-4-3-5-7-14/h3-7,15-16H,8-11H2,1-2H3. The molecular weight excluding hydrogens is 358 g/mol. The number of carbonyl (C=O) groups is 1. The van der Waals surface area contributed by atoms with E-state index < -0.39 is 0 Å². The van der Waals surface area contributed by atoms with E-state index in [1.165, 1.54) is 11.3 Å². The molecule has 4 heterocycles. The second kappa shape index (κ2) is 6.27. The van der Waals surface area contributed by atoms with Gasteiger partial charge in [-0.1, -0.05) is 30.3 Å². The Kier molecular flexibility index (Phi) is 3.86. The Balaban J connectivity index is 1.50. The zero-order valence-corrected chi connectivity index (χ0v) is 16.2. The highest BCUT2D eigenvalue weighted by Crippen LogP contribution is 2.35. The van der Waals surface area contributed by atoms with Gasteiger partial charge in [-0.2, -0.15) is 0 Å². The summed E-state index contributed by atoms with van der Waals surface area (Å²) in [6, 6.07) is 10.5. The summed E-state index contributed by atoms with van der Waals surface area (Å²) in [5.41, 5.74) is 1.91. The third-order valence-corrected chi connectivity index (χ3v) is 6.68. The van der Waals surface area contributed by atoms with E-state index >= 15 is 0 Å². The van der Waals surface area contributed by atoms with Gasteiger partial charge < -0.3 is 9.47 Å². The lowest BCUT2D eigenvalue weighted by molar-refractivity contribution is 0.0670. The van der Waals surface area contributed by atoms with E-state index in [9.17, 15) is 4.79 Å². The van der Waals surface area contributed by atoms with E-state index in [1.807, 2.05) is 32.0 Å². The van der Waals surface area contributed by atoms with Crippen LogP contribution in [0.4, 0.5) is 0 Å². The Morgan fingerprint density at radius 1 is 1.11 bits per heavy atom. The first-order chi connectivity index (χ1) is 13.1. The second-order valence-electron chi connectivity index (χ2n) is 7.37. The average Bonchev–Trinajstić information content (AvgIpc) is 3.30. The molecule has 2 aliphatic heterocycles. The first-order valence-corrected chi connectivity index (χ1v) is 10.2. The summed E-state index contributed by atoms with van der Waals surface area (Å²) in [5, 5.41) is 9.86. The van der Waals surface area contributed by atoms with E-state index in [-0.39, 0.29) is 18.0 Å². The molecule has 6 nitrogen and oxygen atoms in total. The number of aromatic nitrogens is 4. The molecule has 1 aromatic carbocycles. The number of nitrogens with zero attached hydrogens (tertiary/aromatic N) is 5. The van der Waals surface area contributed by atoms with E-state index in [2.05, 4.69) is 36.8 Å². The molecule has 2 unspecified atom stereocenters. The number of fused-ring (bicyclic) bond motifs is 3. The van der Waals surface area contributed by atoms with Crippen molar-refractivity contribution in [3.05, 3.63) is 51.7 Å². The highest BCUT2D eigenvalue weighted by Gasteiger charge is 2.42. The van der Waals surface area contributed by atoms with Crippen molar-refractivity contribution in [2.24, 2.45) is 0 Å². The van der Waals surface area contributed by atoms with Gasteiger partial charge in [-0.25, -0.2) is 4.98 Å². The Labute approximate surface area is 161 Å². The van der Waals surface area contributed by atoms with Gasteiger partial charge in [0.05, 0.1) is 16.7 Å². The molecule has 2 bridgehead atoms. The molecule has 2 atom stereocenters. The van der Waals surface area contributed by atoms with E-state index in [0.29, 0.717) is 0 Å². The minimum atomic E-state index is 0.130. The first kappa shape index (κ1) is 16.6. The van der Waals surface area contributed by atoms with Crippen LogP contribution in [0.25, 0.3) is 11.4 Å². The summed E-state index contributed by atoms with van der Waals surface area (Å²) < 4.78 is 2.21. The molecule has 1 saturated heterocycles. The third kappa shape index (κ3) is 2.68. The number of rotatable bonds is 2. The Bertz CT molecular complexity index is 1010. The van der Waals surface area contributed by atoms with Gasteiger partial charge >= 0.3 is 0 Å². The molecule has 3 aromatic rings. The van der Waals surface area contributed by atoms with Crippen molar-refractivity contribution in [1.82, 2.24) is 24.6 Å². The fourth-order valence-electron chi connectivity index (χ4n) is 4.42. The van der Waals surface area contributed by atoms with Crippen LogP contribution in [0.2, 0.25) is 0 Å². The highest BCUT2D eigenvalue weighted by molar-refractivity contribution is 7.13. The van der Waals surface area contributed by atoms with Crippen molar-refractivity contribution >= 4 is 17.2 Å². The van der Waals surface area contributed by atoms with Gasteiger partial charge in [0.2, 0.25) is 0 Å². The molecule has 0 N–H and O–H groups in total. The summed E-state index contributed by atoms with van der Waals surface area (Å²) >= 11 is 1.50. The number of thiazole rings is 1. The molecule has 5 rings (SSSR count). The van der Waals surface area contributed by atoms with Gasteiger partial charge in [0, 0.05) is 24.6 Å². The SMILES string of the molecule is Cc1nc(C)c(C(=O)N2C3CCC2Cn2c(nnc2-c2ccccc2)C3)s1. The maximum Gasteiger partial charge on any atom is 0.266 e. The number of hydrogen-bond donors (Lipinski definition) is 0. The van der Waals surface area contributed by atoms with Gasteiger partial charge in [-0.05, 0) is 26.7 Å². The molecule has 2 aromatic heterocycles. The van der Waals surface area contributed by atoms with Crippen molar-refractivity contribution in [1.29, 1.82) is 0 Å². The largest absolute Gasteiger partial charge is 0.330 e. The summed E-state index contributed by atoms with van der Waals surface area (Å²) in [6.07, 6.45) is 2.82. The summed E-state index contributed by atoms with van der Waals surface area (Å²) in [6.45, 7) is 4.64. The molecule has 138 valence electrons. The van der Waals surface area contributed by atoms with Crippen molar-refractivity contribution in [3.63, 3.8) is 0 Å². The van der Waals surface area contributed by atoms with Crippen LogP contribution in [0.3, 0.4) is 0 Å². The summed E-state index contributed by atoms with van der Waals surface area (Å²) in [7, 11) is 0. The fourth-order valence-corrected chi connectivity index (χ4v) is 5.28. The van der Waals surface area contributed by atoms with E-state index in [0.717, 1.165) is 58.6 Å². The van der Waals surface area contributed by atoms with Crippen LogP contribution in [0, 0.1) is 13.8 Å². The number of carbonyl (C=O) groups excluding carboxylic acids is 1. The van der Waals surface area contributed by atoms with Gasteiger partial charge in [0.1, 0.15) is 10.7 Å². The van der Waals surface area contributed by atoms with Gasteiger partial charge in [0.25, 0.3) is 5.91 Å². The Morgan fingerprint density at radius 3 is 2.63 bits per heavy atom. The lowest BCUT2D eigenvalue weighted by Crippen LogP contribution is -2.42. The van der Waals surface area contributed by atoms with Crippen LogP contribution in [0.1, 0.15) is 39.0 Å².